The molecule has 2 rings (SSSR count). The molecule has 1 aliphatic heterocycles. The Morgan fingerprint density at radius 1 is 1.29 bits per heavy atom. The Morgan fingerprint density at radius 2 is 2.00 bits per heavy atom. The first-order valence-electron chi connectivity index (χ1n) is 6.00. The lowest BCUT2D eigenvalue weighted by molar-refractivity contribution is 0.222. The monoisotopic (exact) mass is 233 g/mol. The molecule has 1 saturated heterocycles. The fourth-order valence-electron chi connectivity index (χ4n) is 1.98. The summed E-state index contributed by atoms with van der Waals surface area (Å²) < 4.78 is 0. The van der Waals surface area contributed by atoms with Crippen LogP contribution in [-0.2, 0) is 0 Å². The second kappa shape index (κ2) is 5.08. The van der Waals surface area contributed by atoms with Gasteiger partial charge in [0.15, 0.2) is 0 Å². The maximum atomic E-state index is 11.9. The predicted molar refractivity (Wildman–Crippen MR) is 70.6 cm³/mol. The van der Waals surface area contributed by atoms with E-state index in [0.29, 0.717) is 0 Å². The first-order chi connectivity index (χ1) is 8.16. The highest BCUT2D eigenvalue weighted by molar-refractivity contribution is 5.90. The third kappa shape index (κ3) is 2.90. The van der Waals surface area contributed by atoms with Crippen molar-refractivity contribution < 1.29 is 4.79 Å². The molecular weight excluding hydrogens is 214 g/mol. The summed E-state index contributed by atoms with van der Waals surface area (Å²) in [6.07, 6.45) is 2.23. The standard InChI is InChI=1S/C13H19N3O/c1-15(2)12-7-5-6-11(10-12)14-13(17)16-8-3-4-9-16/h5-7,10H,3-4,8-9H2,1-2H3,(H,14,17). The minimum atomic E-state index is 0.0124. The SMILES string of the molecule is CN(C)c1cccc(NC(=O)N2CCCC2)c1. The molecule has 0 aromatic heterocycles. The summed E-state index contributed by atoms with van der Waals surface area (Å²) in [5.74, 6) is 0. The molecule has 1 N–H and O–H groups in total. The Hall–Kier alpha value is -1.71. The highest BCUT2D eigenvalue weighted by atomic mass is 16.2. The van der Waals surface area contributed by atoms with E-state index in [1.165, 1.54) is 0 Å². The van der Waals surface area contributed by atoms with Crippen molar-refractivity contribution in [3.05, 3.63) is 24.3 Å². The minimum Gasteiger partial charge on any atom is -0.378 e. The van der Waals surface area contributed by atoms with Crippen molar-refractivity contribution in [2.45, 2.75) is 12.8 Å². The topological polar surface area (TPSA) is 35.6 Å². The third-order valence-electron chi connectivity index (χ3n) is 3.01. The maximum Gasteiger partial charge on any atom is 0.321 e. The summed E-state index contributed by atoms with van der Waals surface area (Å²) in [5, 5.41) is 2.94. The van der Waals surface area contributed by atoms with Crippen LogP contribution in [0.15, 0.2) is 24.3 Å². The molecule has 0 saturated carbocycles. The van der Waals surface area contributed by atoms with Gasteiger partial charge < -0.3 is 15.1 Å². The molecular formula is C13H19N3O. The van der Waals surface area contributed by atoms with E-state index in [2.05, 4.69) is 5.32 Å². The van der Waals surface area contributed by atoms with Crippen LogP contribution in [0.3, 0.4) is 0 Å². The zero-order valence-corrected chi connectivity index (χ0v) is 10.4. The van der Waals surface area contributed by atoms with Gasteiger partial charge in [0.2, 0.25) is 0 Å². The number of rotatable bonds is 2. The summed E-state index contributed by atoms with van der Waals surface area (Å²) in [4.78, 5) is 15.8. The van der Waals surface area contributed by atoms with E-state index < -0.39 is 0 Å². The zero-order chi connectivity index (χ0) is 12.3. The van der Waals surface area contributed by atoms with Gasteiger partial charge in [-0.2, -0.15) is 0 Å². The van der Waals surface area contributed by atoms with Crippen LogP contribution in [0.5, 0.6) is 0 Å². The van der Waals surface area contributed by atoms with Gasteiger partial charge in [-0.25, -0.2) is 4.79 Å². The van der Waals surface area contributed by atoms with E-state index in [4.69, 9.17) is 0 Å². The molecule has 4 nitrogen and oxygen atoms in total. The molecule has 0 atom stereocenters. The number of hydrogen-bond acceptors (Lipinski definition) is 2. The second-order valence-electron chi connectivity index (χ2n) is 4.57. The predicted octanol–water partition coefficient (Wildman–Crippen LogP) is 2.38. The van der Waals surface area contributed by atoms with Gasteiger partial charge in [-0.15, -0.1) is 0 Å². The van der Waals surface area contributed by atoms with E-state index in [1.807, 2.05) is 48.2 Å². The largest absolute Gasteiger partial charge is 0.378 e. The van der Waals surface area contributed by atoms with Gasteiger partial charge in [0.1, 0.15) is 0 Å². The molecule has 2 amide bonds. The molecule has 1 heterocycles. The maximum absolute atomic E-state index is 11.9. The Labute approximate surface area is 102 Å². The van der Waals surface area contributed by atoms with Crippen LogP contribution < -0.4 is 10.2 Å². The highest BCUT2D eigenvalue weighted by Crippen LogP contribution is 2.18. The Morgan fingerprint density at radius 3 is 2.65 bits per heavy atom. The summed E-state index contributed by atoms with van der Waals surface area (Å²) >= 11 is 0. The van der Waals surface area contributed by atoms with E-state index in [0.717, 1.165) is 37.3 Å². The van der Waals surface area contributed by atoms with Crippen LogP contribution in [-0.4, -0.2) is 38.1 Å². The molecule has 0 spiro atoms. The van der Waals surface area contributed by atoms with Crippen molar-refractivity contribution in [2.75, 3.05) is 37.4 Å². The Balaban J connectivity index is 2.02. The Bertz CT molecular complexity index is 397. The molecule has 17 heavy (non-hydrogen) atoms. The molecule has 0 aliphatic carbocycles. The summed E-state index contributed by atoms with van der Waals surface area (Å²) in [6, 6.07) is 7.88. The summed E-state index contributed by atoms with van der Waals surface area (Å²) in [6.45, 7) is 1.75. The molecule has 0 bridgehead atoms. The number of amides is 2. The van der Waals surface area contributed by atoms with Crippen molar-refractivity contribution >= 4 is 17.4 Å². The molecule has 1 aromatic rings. The number of nitrogens with zero attached hydrogens (tertiary/aromatic N) is 2. The van der Waals surface area contributed by atoms with Crippen molar-refractivity contribution in [1.29, 1.82) is 0 Å². The van der Waals surface area contributed by atoms with Crippen LogP contribution in [0.4, 0.5) is 16.2 Å². The average molecular weight is 233 g/mol. The van der Waals surface area contributed by atoms with Crippen molar-refractivity contribution in [1.82, 2.24) is 4.90 Å². The van der Waals surface area contributed by atoms with Crippen LogP contribution in [0.1, 0.15) is 12.8 Å². The van der Waals surface area contributed by atoms with Gasteiger partial charge in [0.05, 0.1) is 0 Å². The van der Waals surface area contributed by atoms with Crippen molar-refractivity contribution in [3.63, 3.8) is 0 Å². The molecule has 1 aliphatic rings. The van der Waals surface area contributed by atoms with E-state index >= 15 is 0 Å². The summed E-state index contributed by atoms with van der Waals surface area (Å²) in [7, 11) is 3.98. The minimum absolute atomic E-state index is 0.0124. The van der Waals surface area contributed by atoms with E-state index in [1.54, 1.807) is 0 Å². The number of hydrogen-bond donors (Lipinski definition) is 1. The van der Waals surface area contributed by atoms with Gasteiger partial charge in [0, 0.05) is 38.6 Å². The lowest BCUT2D eigenvalue weighted by Crippen LogP contribution is -2.32. The summed E-state index contributed by atoms with van der Waals surface area (Å²) in [5.41, 5.74) is 1.94. The molecule has 92 valence electrons. The van der Waals surface area contributed by atoms with Crippen molar-refractivity contribution in [3.8, 4) is 0 Å². The first kappa shape index (κ1) is 11.8. The molecule has 4 heteroatoms. The van der Waals surface area contributed by atoms with Crippen LogP contribution in [0.2, 0.25) is 0 Å². The van der Waals surface area contributed by atoms with Crippen LogP contribution >= 0.6 is 0 Å². The number of carbonyl (C=O) groups excluding carboxylic acids is 1. The number of urea groups is 1. The number of carbonyl (C=O) groups is 1. The Kier molecular flexibility index (Phi) is 3.52. The molecule has 1 aromatic carbocycles. The molecule has 0 unspecified atom stereocenters. The van der Waals surface area contributed by atoms with Crippen LogP contribution in [0, 0.1) is 0 Å². The smallest absolute Gasteiger partial charge is 0.321 e. The normalized spacial score (nSPS) is 14.8. The quantitative estimate of drug-likeness (QED) is 0.851. The third-order valence-corrected chi connectivity index (χ3v) is 3.01. The second-order valence-corrected chi connectivity index (χ2v) is 4.57. The first-order valence-corrected chi connectivity index (χ1v) is 6.00. The zero-order valence-electron chi connectivity index (χ0n) is 10.4. The number of likely N-dealkylation sites (tertiary alicyclic amines) is 1. The fraction of sp³-hybridized carbons (Fsp3) is 0.462. The van der Waals surface area contributed by atoms with E-state index in [9.17, 15) is 4.79 Å². The van der Waals surface area contributed by atoms with E-state index in [-0.39, 0.29) is 6.03 Å². The van der Waals surface area contributed by atoms with Gasteiger partial charge >= 0.3 is 6.03 Å². The highest BCUT2D eigenvalue weighted by Gasteiger charge is 2.17. The fourth-order valence-corrected chi connectivity index (χ4v) is 1.98. The number of nitrogens with one attached hydrogen (secondary N) is 1. The number of anilines is 2. The lowest BCUT2D eigenvalue weighted by Gasteiger charge is -2.18. The van der Waals surface area contributed by atoms with Gasteiger partial charge in [-0.3, -0.25) is 0 Å². The lowest BCUT2D eigenvalue weighted by atomic mass is 10.2. The number of benzene rings is 1. The van der Waals surface area contributed by atoms with Gasteiger partial charge in [-0.1, -0.05) is 6.07 Å². The van der Waals surface area contributed by atoms with Crippen molar-refractivity contribution in [2.24, 2.45) is 0 Å². The van der Waals surface area contributed by atoms with Crippen LogP contribution in [0.25, 0.3) is 0 Å². The average Bonchev–Trinajstić information content (AvgIpc) is 2.82. The van der Waals surface area contributed by atoms with Gasteiger partial charge in [0.25, 0.3) is 0 Å². The molecule has 1 fully saturated rings. The molecule has 0 radical (unpaired) electrons. The van der Waals surface area contributed by atoms with Gasteiger partial charge in [-0.05, 0) is 31.0 Å².